The van der Waals surface area contributed by atoms with Gasteiger partial charge < -0.3 is 24.5 Å². The molecule has 5 atom stereocenters. The fourth-order valence-electron chi connectivity index (χ4n) is 9.41. The van der Waals surface area contributed by atoms with Crippen molar-refractivity contribution < 1.29 is 46.1 Å². The summed E-state index contributed by atoms with van der Waals surface area (Å²) in [7, 11) is 1.56. The number of fused-ring (bicyclic) bond motifs is 3. The Morgan fingerprint density at radius 3 is 2.46 bits per heavy atom. The number of halogens is 5. The number of carboxylic acid groups (broad SMARTS) is 1. The van der Waals surface area contributed by atoms with Crippen molar-refractivity contribution in [3.8, 4) is 17.0 Å². The van der Waals surface area contributed by atoms with Crippen molar-refractivity contribution in [3.63, 3.8) is 0 Å². The van der Waals surface area contributed by atoms with E-state index in [0.29, 0.717) is 41.7 Å². The molecule has 3 aliphatic carbocycles. The number of aliphatic carboxylic acids is 1. The third-order valence-corrected chi connectivity index (χ3v) is 11.8. The Labute approximate surface area is 298 Å². The molecule has 2 N–H and O–H groups in total. The van der Waals surface area contributed by atoms with E-state index in [1.54, 1.807) is 25.4 Å². The Bertz CT molecular complexity index is 1830. The molecule has 3 aromatic rings. The molecule has 3 saturated carbocycles. The van der Waals surface area contributed by atoms with Gasteiger partial charge in [-0.25, -0.2) is 18.6 Å². The second-order valence-corrected chi connectivity index (χ2v) is 15.6. The van der Waals surface area contributed by atoms with Gasteiger partial charge in [-0.3, -0.25) is 9.69 Å². The molecule has 52 heavy (non-hydrogen) atoms. The first kappa shape index (κ1) is 36.6. The zero-order chi connectivity index (χ0) is 37.2. The molecule has 2 aromatic heterocycles. The lowest BCUT2D eigenvalue weighted by molar-refractivity contribution is -0.151. The minimum absolute atomic E-state index is 0.000648. The first-order valence-corrected chi connectivity index (χ1v) is 18.1. The SMILES string of the molecule is COC[C@H](C)n1cc(-c2ccc(C(=O)NC3(C(=O)O)CC4CC(C)CC3C4)c(C(F)(F)F)n2)c2ccc(OC3CCC(N4CC(F)(F)C4)CC3)cc21. The van der Waals surface area contributed by atoms with Crippen LogP contribution in [0, 0.1) is 17.8 Å². The number of pyridine rings is 1. The summed E-state index contributed by atoms with van der Waals surface area (Å²) >= 11 is 0. The van der Waals surface area contributed by atoms with E-state index in [0.717, 1.165) is 38.2 Å². The number of carbonyl (C=O) groups is 2. The number of likely N-dealkylation sites (tertiary alicyclic amines) is 1. The molecule has 1 aliphatic heterocycles. The number of carboxylic acids is 1. The first-order chi connectivity index (χ1) is 24.6. The maximum absolute atomic E-state index is 14.7. The number of aromatic nitrogens is 2. The molecule has 0 radical (unpaired) electrons. The number of hydrogen-bond donors (Lipinski definition) is 2. The molecular formula is C38H45F5N4O5. The lowest BCUT2D eigenvalue weighted by Crippen LogP contribution is -2.60. The van der Waals surface area contributed by atoms with Gasteiger partial charge in [-0.1, -0.05) is 6.92 Å². The highest BCUT2D eigenvalue weighted by Gasteiger charge is 2.56. The predicted molar refractivity (Wildman–Crippen MR) is 182 cm³/mol. The Hall–Kier alpha value is -3.78. The first-order valence-electron chi connectivity index (χ1n) is 18.1. The molecule has 14 heteroatoms. The van der Waals surface area contributed by atoms with Gasteiger partial charge in [0.25, 0.3) is 11.8 Å². The monoisotopic (exact) mass is 732 g/mol. The number of ether oxygens (including phenoxy) is 2. The van der Waals surface area contributed by atoms with Crippen LogP contribution in [0.15, 0.2) is 36.5 Å². The summed E-state index contributed by atoms with van der Waals surface area (Å²) in [5, 5.41) is 13.4. The number of nitrogens with zero attached hydrogens (tertiary/aromatic N) is 3. The maximum atomic E-state index is 14.7. The molecule has 2 bridgehead atoms. The predicted octanol–water partition coefficient (Wildman–Crippen LogP) is 7.58. The third kappa shape index (κ3) is 6.88. The van der Waals surface area contributed by atoms with Gasteiger partial charge in [0, 0.05) is 36.4 Å². The molecule has 282 valence electrons. The van der Waals surface area contributed by atoms with Crippen LogP contribution in [0.1, 0.15) is 87.3 Å². The van der Waals surface area contributed by atoms with Crippen LogP contribution in [-0.2, 0) is 15.7 Å². The molecule has 4 aliphatic rings. The third-order valence-electron chi connectivity index (χ3n) is 11.8. The zero-order valence-electron chi connectivity index (χ0n) is 29.5. The average molecular weight is 733 g/mol. The van der Waals surface area contributed by atoms with Gasteiger partial charge in [0.05, 0.1) is 48.6 Å². The van der Waals surface area contributed by atoms with Crippen molar-refractivity contribution in [1.29, 1.82) is 0 Å². The van der Waals surface area contributed by atoms with Crippen molar-refractivity contribution in [1.82, 2.24) is 19.8 Å². The lowest BCUT2D eigenvalue weighted by Gasteiger charge is -2.46. The minimum Gasteiger partial charge on any atom is -0.490 e. The summed E-state index contributed by atoms with van der Waals surface area (Å²) in [6.07, 6.45) is 1.76. The largest absolute Gasteiger partial charge is 0.490 e. The van der Waals surface area contributed by atoms with Gasteiger partial charge in [0.1, 0.15) is 11.3 Å². The Kier molecular flexibility index (Phi) is 9.54. The number of methoxy groups -OCH3 is 1. The van der Waals surface area contributed by atoms with Crippen LogP contribution in [0.25, 0.3) is 22.2 Å². The van der Waals surface area contributed by atoms with Crippen LogP contribution in [0.3, 0.4) is 0 Å². The topological polar surface area (TPSA) is 106 Å². The smallest absolute Gasteiger partial charge is 0.434 e. The molecule has 9 nitrogen and oxygen atoms in total. The summed E-state index contributed by atoms with van der Waals surface area (Å²) in [6, 6.07) is 7.72. The van der Waals surface area contributed by atoms with Crippen LogP contribution < -0.4 is 10.1 Å². The maximum Gasteiger partial charge on any atom is 0.434 e. The number of alkyl halides is 5. The zero-order valence-corrected chi connectivity index (χ0v) is 29.5. The average Bonchev–Trinajstić information content (AvgIpc) is 3.57. The van der Waals surface area contributed by atoms with Gasteiger partial charge in [0.15, 0.2) is 5.69 Å². The van der Waals surface area contributed by atoms with E-state index < -0.39 is 40.8 Å². The molecule has 0 spiro atoms. The number of nitrogens with one attached hydrogen (secondary N) is 1. The molecule has 4 fully saturated rings. The van der Waals surface area contributed by atoms with Crippen molar-refractivity contribution in [3.05, 3.63) is 47.8 Å². The van der Waals surface area contributed by atoms with Crippen molar-refractivity contribution in [2.24, 2.45) is 17.8 Å². The quantitative estimate of drug-likeness (QED) is 0.207. The second-order valence-electron chi connectivity index (χ2n) is 15.6. The fraction of sp³-hybridized carbons (Fsp3) is 0.605. The van der Waals surface area contributed by atoms with Gasteiger partial charge in [-0.2, -0.15) is 13.2 Å². The van der Waals surface area contributed by atoms with E-state index in [1.165, 1.54) is 6.07 Å². The number of amides is 1. The number of benzene rings is 1. The summed E-state index contributed by atoms with van der Waals surface area (Å²) in [4.78, 5) is 32.0. The van der Waals surface area contributed by atoms with E-state index in [2.05, 4.69) is 10.3 Å². The van der Waals surface area contributed by atoms with Crippen LogP contribution in [0.5, 0.6) is 5.75 Å². The minimum atomic E-state index is -5.00. The molecular weight excluding hydrogens is 687 g/mol. The van der Waals surface area contributed by atoms with Crippen LogP contribution in [0.4, 0.5) is 22.0 Å². The highest BCUT2D eigenvalue weighted by molar-refractivity contribution is 6.00. The standard InChI is InChI=1S/C38H45F5N4O5/c1-21-12-23-14-24(13-21)37(16-23,35(49)50)45-34(48)29-10-11-31(44-33(29)38(41,42)43)30-17-47(22(2)18-51-3)32-15-27(8-9-28(30)32)52-26-6-4-25(5-7-26)46-19-36(39,40)20-46/h8-11,15,17,21-26H,4-7,12-14,16,18-20H2,1-3H3,(H,45,48)(H,49,50)/t21?,22-,23?,24?,25?,26?,37?/m0/s1. The summed E-state index contributed by atoms with van der Waals surface area (Å²) < 4.78 is 84.4. The second kappa shape index (κ2) is 13.6. The highest BCUT2D eigenvalue weighted by Crippen LogP contribution is 2.51. The number of carbonyl (C=O) groups excluding carboxylic acids is 1. The summed E-state index contributed by atoms with van der Waals surface area (Å²) in [5.41, 5.74) is -2.65. The Morgan fingerprint density at radius 1 is 1.08 bits per heavy atom. The molecule has 1 amide bonds. The normalized spacial score (nSPS) is 29.4. The number of hydrogen-bond acceptors (Lipinski definition) is 6. The molecule has 4 unspecified atom stereocenters. The van der Waals surface area contributed by atoms with E-state index in [1.807, 2.05) is 29.4 Å². The van der Waals surface area contributed by atoms with E-state index in [9.17, 15) is 36.6 Å². The lowest BCUT2D eigenvalue weighted by atomic mass is 9.78. The summed E-state index contributed by atoms with van der Waals surface area (Å²) in [5.74, 6) is -4.38. The van der Waals surface area contributed by atoms with Crippen LogP contribution in [-0.4, -0.2) is 81.8 Å². The van der Waals surface area contributed by atoms with Gasteiger partial charge in [0.2, 0.25) is 0 Å². The fourth-order valence-corrected chi connectivity index (χ4v) is 9.41. The van der Waals surface area contributed by atoms with Gasteiger partial charge >= 0.3 is 12.1 Å². The van der Waals surface area contributed by atoms with Crippen LogP contribution >= 0.6 is 0 Å². The van der Waals surface area contributed by atoms with Crippen molar-refractivity contribution in [2.45, 2.75) is 101 Å². The van der Waals surface area contributed by atoms with Crippen molar-refractivity contribution in [2.75, 3.05) is 26.8 Å². The molecule has 3 heterocycles. The van der Waals surface area contributed by atoms with E-state index >= 15 is 0 Å². The van der Waals surface area contributed by atoms with E-state index in [4.69, 9.17) is 9.47 Å². The van der Waals surface area contributed by atoms with Gasteiger partial charge in [-0.15, -0.1) is 0 Å². The molecule has 7 rings (SSSR count). The Balaban J connectivity index is 1.16. The van der Waals surface area contributed by atoms with E-state index in [-0.39, 0.29) is 61.1 Å². The molecule has 1 aromatic carbocycles. The molecule has 1 saturated heterocycles. The Morgan fingerprint density at radius 2 is 1.81 bits per heavy atom. The number of rotatable bonds is 10. The van der Waals surface area contributed by atoms with Crippen LogP contribution in [0.2, 0.25) is 0 Å². The summed E-state index contributed by atoms with van der Waals surface area (Å²) in [6.45, 7) is 3.87. The van der Waals surface area contributed by atoms with Crippen molar-refractivity contribution >= 4 is 22.8 Å². The van der Waals surface area contributed by atoms with Gasteiger partial charge in [-0.05, 0) is 100 Å². The highest BCUT2D eigenvalue weighted by atomic mass is 19.4.